The van der Waals surface area contributed by atoms with Gasteiger partial charge in [0.25, 0.3) is 5.91 Å². The molecule has 0 radical (unpaired) electrons. The van der Waals surface area contributed by atoms with E-state index < -0.39 is 0 Å². The Morgan fingerprint density at radius 1 is 1.17 bits per heavy atom. The minimum Gasteiger partial charge on any atom is -0.454 e. The molecule has 154 valence electrons. The molecule has 2 N–H and O–H groups in total. The highest BCUT2D eigenvalue weighted by Gasteiger charge is 2.17. The SMILES string of the molecule is Cc1ccc(Cc2cnc(NC(=O)CNC(=O)c3ccc4c(c3)OCO4)s2)cc1Cl. The van der Waals surface area contributed by atoms with Gasteiger partial charge in [0.05, 0.1) is 6.54 Å². The number of carbonyl (C=O) groups is 2. The van der Waals surface area contributed by atoms with Crippen molar-refractivity contribution < 1.29 is 19.1 Å². The summed E-state index contributed by atoms with van der Waals surface area (Å²) in [5.74, 6) is 0.372. The van der Waals surface area contributed by atoms with E-state index in [0.717, 1.165) is 21.0 Å². The lowest BCUT2D eigenvalue weighted by Crippen LogP contribution is -2.32. The maximum atomic E-state index is 12.2. The molecule has 7 nitrogen and oxygen atoms in total. The Balaban J connectivity index is 1.29. The Hall–Kier alpha value is -3.10. The number of nitrogens with one attached hydrogen (secondary N) is 2. The molecular weight excluding hydrogens is 426 g/mol. The second kappa shape index (κ2) is 8.73. The highest BCUT2D eigenvalue weighted by molar-refractivity contribution is 7.15. The predicted molar refractivity (Wildman–Crippen MR) is 115 cm³/mol. The number of thiazole rings is 1. The zero-order valence-corrected chi connectivity index (χ0v) is 17.6. The second-order valence-electron chi connectivity index (χ2n) is 6.69. The third kappa shape index (κ3) is 4.72. The third-order valence-electron chi connectivity index (χ3n) is 4.46. The van der Waals surface area contributed by atoms with Crippen molar-refractivity contribution in [3.8, 4) is 11.5 Å². The van der Waals surface area contributed by atoms with Gasteiger partial charge in [-0.15, -0.1) is 11.3 Å². The van der Waals surface area contributed by atoms with Gasteiger partial charge in [0.2, 0.25) is 12.7 Å². The van der Waals surface area contributed by atoms with Crippen molar-refractivity contribution in [2.24, 2.45) is 0 Å². The molecule has 2 heterocycles. The van der Waals surface area contributed by atoms with Gasteiger partial charge in [-0.25, -0.2) is 4.98 Å². The molecule has 1 aliphatic heterocycles. The van der Waals surface area contributed by atoms with Gasteiger partial charge < -0.3 is 20.1 Å². The fourth-order valence-electron chi connectivity index (χ4n) is 2.86. The second-order valence-corrected chi connectivity index (χ2v) is 8.21. The van der Waals surface area contributed by atoms with Gasteiger partial charge in [-0.1, -0.05) is 23.7 Å². The van der Waals surface area contributed by atoms with Crippen LogP contribution in [0.25, 0.3) is 0 Å². The van der Waals surface area contributed by atoms with Gasteiger partial charge in [-0.2, -0.15) is 0 Å². The van der Waals surface area contributed by atoms with Crippen LogP contribution in [0.15, 0.2) is 42.6 Å². The maximum absolute atomic E-state index is 12.2. The summed E-state index contributed by atoms with van der Waals surface area (Å²) >= 11 is 7.55. The topological polar surface area (TPSA) is 89.6 Å². The van der Waals surface area contributed by atoms with Crippen molar-refractivity contribution in [1.29, 1.82) is 0 Å². The van der Waals surface area contributed by atoms with Gasteiger partial charge in [-0.05, 0) is 42.3 Å². The van der Waals surface area contributed by atoms with Crippen LogP contribution in [-0.2, 0) is 11.2 Å². The van der Waals surface area contributed by atoms with Crippen molar-refractivity contribution >= 4 is 39.9 Å². The van der Waals surface area contributed by atoms with E-state index >= 15 is 0 Å². The van der Waals surface area contributed by atoms with Crippen molar-refractivity contribution in [3.05, 3.63) is 69.2 Å². The average Bonchev–Trinajstić information content (AvgIpc) is 3.37. The summed E-state index contributed by atoms with van der Waals surface area (Å²) in [6.07, 6.45) is 2.40. The standard InChI is InChI=1S/C21H18ClN3O4S/c1-12-2-3-13(7-16(12)22)6-15-9-24-21(30-15)25-19(26)10-23-20(27)14-4-5-17-18(8-14)29-11-28-17/h2-5,7-9H,6,10-11H2,1H3,(H,23,27)(H,24,25,26). The molecule has 0 fully saturated rings. The molecular formula is C21H18ClN3O4S. The Bertz CT molecular complexity index is 1120. The van der Waals surface area contributed by atoms with Gasteiger partial charge in [0, 0.05) is 28.1 Å². The number of benzene rings is 2. The number of nitrogens with zero attached hydrogens (tertiary/aromatic N) is 1. The minimum absolute atomic E-state index is 0.134. The molecule has 1 aromatic heterocycles. The minimum atomic E-state index is -0.375. The molecule has 9 heteroatoms. The van der Waals surface area contributed by atoms with Gasteiger partial charge in [0.15, 0.2) is 16.6 Å². The summed E-state index contributed by atoms with van der Waals surface area (Å²) in [7, 11) is 0. The van der Waals surface area contributed by atoms with Gasteiger partial charge >= 0.3 is 0 Å². The number of hydrogen-bond acceptors (Lipinski definition) is 6. The molecule has 0 saturated carbocycles. The first-order chi connectivity index (χ1) is 14.5. The average molecular weight is 444 g/mol. The van der Waals surface area contributed by atoms with E-state index in [1.165, 1.54) is 11.3 Å². The highest BCUT2D eigenvalue weighted by Crippen LogP contribution is 2.32. The molecule has 30 heavy (non-hydrogen) atoms. The Labute approximate surface area is 182 Å². The Morgan fingerprint density at radius 3 is 2.83 bits per heavy atom. The summed E-state index contributed by atoms with van der Waals surface area (Å²) in [5.41, 5.74) is 2.49. The van der Waals surface area contributed by atoms with Crippen LogP contribution in [-0.4, -0.2) is 30.1 Å². The molecule has 0 spiro atoms. The van der Waals surface area contributed by atoms with Crippen molar-refractivity contribution in [2.75, 3.05) is 18.7 Å². The Kier molecular flexibility index (Phi) is 5.87. The van der Waals surface area contributed by atoms with Crippen molar-refractivity contribution in [2.45, 2.75) is 13.3 Å². The van der Waals surface area contributed by atoms with Gasteiger partial charge in [0.1, 0.15) is 0 Å². The maximum Gasteiger partial charge on any atom is 0.251 e. The molecule has 0 atom stereocenters. The molecule has 0 aliphatic carbocycles. The van der Waals surface area contributed by atoms with Crippen LogP contribution in [0.3, 0.4) is 0 Å². The number of aromatic nitrogens is 1. The lowest BCUT2D eigenvalue weighted by molar-refractivity contribution is -0.115. The van der Waals surface area contributed by atoms with Crippen molar-refractivity contribution in [1.82, 2.24) is 10.3 Å². The largest absolute Gasteiger partial charge is 0.454 e. The van der Waals surface area contributed by atoms with Crippen LogP contribution in [0.2, 0.25) is 5.02 Å². The van der Waals surface area contributed by atoms with Crippen LogP contribution in [0.5, 0.6) is 11.5 Å². The quantitative estimate of drug-likeness (QED) is 0.605. The molecule has 2 aromatic carbocycles. The summed E-state index contributed by atoms with van der Waals surface area (Å²) in [5, 5.41) is 6.49. The number of anilines is 1. The number of ether oxygens (including phenoxy) is 2. The smallest absolute Gasteiger partial charge is 0.251 e. The normalized spacial score (nSPS) is 11.9. The van der Waals surface area contributed by atoms with E-state index in [1.807, 2.05) is 25.1 Å². The fraction of sp³-hybridized carbons (Fsp3) is 0.190. The van der Waals surface area contributed by atoms with E-state index in [1.54, 1.807) is 24.4 Å². The van der Waals surface area contributed by atoms with E-state index in [4.69, 9.17) is 21.1 Å². The third-order valence-corrected chi connectivity index (χ3v) is 5.78. The first kappa shape index (κ1) is 20.2. The lowest BCUT2D eigenvalue weighted by Gasteiger charge is -2.06. The summed E-state index contributed by atoms with van der Waals surface area (Å²) in [6.45, 7) is 1.92. The molecule has 4 rings (SSSR count). The van der Waals surface area contributed by atoms with Gasteiger partial charge in [-0.3, -0.25) is 9.59 Å². The molecule has 0 bridgehead atoms. The van der Waals surface area contributed by atoms with E-state index in [0.29, 0.717) is 28.6 Å². The van der Waals surface area contributed by atoms with E-state index in [9.17, 15) is 9.59 Å². The van der Waals surface area contributed by atoms with Crippen LogP contribution in [0, 0.1) is 6.92 Å². The van der Waals surface area contributed by atoms with Crippen LogP contribution in [0.1, 0.15) is 26.4 Å². The van der Waals surface area contributed by atoms with Crippen LogP contribution < -0.4 is 20.1 Å². The lowest BCUT2D eigenvalue weighted by atomic mass is 10.1. The number of rotatable bonds is 6. The monoisotopic (exact) mass is 443 g/mol. The zero-order chi connectivity index (χ0) is 21.1. The molecule has 2 amide bonds. The number of halogens is 1. The molecule has 0 unspecified atom stereocenters. The first-order valence-electron chi connectivity index (χ1n) is 9.15. The summed E-state index contributed by atoms with van der Waals surface area (Å²) in [6, 6.07) is 10.8. The molecule has 1 aliphatic rings. The fourth-order valence-corrected chi connectivity index (χ4v) is 3.92. The highest BCUT2D eigenvalue weighted by atomic mass is 35.5. The zero-order valence-electron chi connectivity index (χ0n) is 16.0. The number of aryl methyl sites for hydroxylation is 1. The Morgan fingerprint density at radius 2 is 2.00 bits per heavy atom. The molecule has 0 saturated heterocycles. The number of fused-ring (bicyclic) bond motifs is 1. The summed E-state index contributed by atoms with van der Waals surface area (Å²) in [4.78, 5) is 29.6. The molecule has 3 aromatic rings. The first-order valence-corrected chi connectivity index (χ1v) is 10.3. The van der Waals surface area contributed by atoms with E-state index in [2.05, 4.69) is 15.6 Å². The number of hydrogen-bond donors (Lipinski definition) is 2. The predicted octanol–water partition coefficient (Wildman–Crippen LogP) is 3.79. The van der Waals surface area contributed by atoms with E-state index in [-0.39, 0.29) is 25.2 Å². The number of carbonyl (C=O) groups excluding carboxylic acids is 2. The van der Waals surface area contributed by atoms with Crippen LogP contribution >= 0.6 is 22.9 Å². The number of amides is 2. The summed E-state index contributed by atoms with van der Waals surface area (Å²) < 4.78 is 10.5. The van der Waals surface area contributed by atoms with Crippen LogP contribution in [0.4, 0.5) is 5.13 Å². The van der Waals surface area contributed by atoms with Crippen molar-refractivity contribution in [3.63, 3.8) is 0 Å².